The fourth-order valence-corrected chi connectivity index (χ4v) is 5.79. The minimum atomic E-state index is -0.521. The normalized spacial score (nSPS) is 19.9. The lowest BCUT2D eigenvalue weighted by atomic mass is 10.0. The van der Waals surface area contributed by atoms with E-state index >= 15 is 0 Å². The molecule has 4 rings (SSSR count). The number of hydrogen-bond donors (Lipinski definition) is 4. The predicted octanol–water partition coefficient (Wildman–Crippen LogP) is 6.33. The van der Waals surface area contributed by atoms with Gasteiger partial charge in [-0.25, -0.2) is 9.59 Å². The Bertz CT molecular complexity index is 1540. The number of aliphatic hydroxyl groups excluding tert-OH is 1. The first kappa shape index (κ1) is 36.5. The number of ether oxygens (including phenoxy) is 2. The molecule has 48 heavy (non-hydrogen) atoms. The summed E-state index contributed by atoms with van der Waals surface area (Å²) in [5.74, 6) is -0.128. The van der Waals surface area contributed by atoms with Crippen molar-refractivity contribution in [3.8, 4) is 5.75 Å². The number of aliphatic hydroxyl groups is 1. The summed E-state index contributed by atoms with van der Waals surface area (Å²) in [7, 11) is 1.74. The summed E-state index contributed by atoms with van der Waals surface area (Å²) >= 11 is 0. The van der Waals surface area contributed by atoms with E-state index in [4.69, 9.17) is 9.47 Å². The van der Waals surface area contributed by atoms with Crippen molar-refractivity contribution < 1.29 is 29.0 Å². The smallest absolute Gasteiger partial charge is 0.321 e. The second-order valence-electron chi connectivity index (χ2n) is 13.1. The highest BCUT2D eigenvalue weighted by atomic mass is 16.5. The van der Waals surface area contributed by atoms with Gasteiger partial charge in [0.25, 0.3) is 5.91 Å². The summed E-state index contributed by atoms with van der Waals surface area (Å²) in [6, 6.07) is 17.5. The largest absolute Gasteiger partial charge is 0.490 e. The third-order valence-electron chi connectivity index (χ3n) is 8.56. The molecule has 0 radical (unpaired) electrons. The Hall–Kier alpha value is -4.35. The standard InChI is InChI=1S/C37H51N5O6/c1-24(2)38-36(45)39-29-17-18-33-31(20-29)35(44)42(26(4)23-43)21-25(3)34(47-19-10-9-12-27(5)48-33)22-41(6)37(46)40-32-16-11-14-28-13-7-8-15-30(28)32/h7-8,11,13-18,20,24-27,34,43H,9-10,12,19,21-23H2,1-6H3,(H,40,46)(H2,38,39,45)/t25-,26+,27+,34+/m1/s1. The molecule has 0 saturated carbocycles. The van der Waals surface area contributed by atoms with Gasteiger partial charge in [0.2, 0.25) is 0 Å². The Morgan fingerprint density at radius 1 is 1.02 bits per heavy atom. The highest BCUT2D eigenvalue weighted by Gasteiger charge is 2.31. The van der Waals surface area contributed by atoms with Crippen LogP contribution in [0.3, 0.4) is 0 Å². The number of likely N-dealkylation sites (N-methyl/N-ethyl adjacent to an activating group) is 1. The first-order valence-electron chi connectivity index (χ1n) is 16.9. The zero-order chi connectivity index (χ0) is 34.8. The summed E-state index contributed by atoms with van der Waals surface area (Å²) in [4.78, 5) is 43.4. The van der Waals surface area contributed by atoms with Crippen LogP contribution in [0.4, 0.5) is 21.0 Å². The molecule has 0 fully saturated rings. The molecule has 1 aliphatic heterocycles. The molecule has 0 bridgehead atoms. The van der Waals surface area contributed by atoms with Gasteiger partial charge >= 0.3 is 12.1 Å². The summed E-state index contributed by atoms with van der Waals surface area (Å²) in [6.45, 7) is 10.3. The number of benzene rings is 3. The van der Waals surface area contributed by atoms with Crippen molar-refractivity contribution >= 4 is 40.1 Å². The average Bonchev–Trinajstić information content (AvgIpc) is 3.05. The van der Waals surface area contributed by atoms with Crippen LogP contribution in [-0.2, 0) is 4.74 Å². The molecule has 1 heterocycles. The Morgan fingerprint density at radius 3 is 2.52 bits per heavy atom. The van der Waals surface area contributed by atoms with E-state index in [1.165, 1.54) is 0 Å². The van der Waals surface area contributed by atoms with Gasteiger partial charge in [0.05, 0.1) is 36.1 Å². The lowest BCUT2D eigenvalue weighted by Crippen LogP contribution is -2.48. The Labute approximate surface area is 284 Å². The first-order valence-corrected chi connectivity index (χ1v) is 16.9. The number of nitrogens with zero attached hydrogens (tertiary/aromatic N) is 2. The minimum Gasteiger partial charge on any atom is -0.490 e. The molecule has 0 aromatic heterocycles. The average molecular weight is 662 g/mol. The predicted molar refractivity (Wildman–Crippen MR) is 190 cm³/mol. The van der Waals surface area contributed by atoms with Crippen LogP contribution in [0.25, 0.3) is 10.8 Å². The molecule has 3 aromatic rings. The fraction of sp³-hybridized carbons (Fsp3) is 0.486. The fourth-order valence-electron chi connectivity index (χ4n) is 5.79. The zero-order valence-electron chi connectivity index (χ0n) is 29.0. The lowest BCUT2D eigenvalue weighted by molar-refractivity contribution is -0.0115. The van der Waals surface area contributed by atoms with Crippen LogP contribution in [-0.4, -0.2) is 90.5 Å². The van der Waals surface area contributed by atoms with E-state index in [1.807, 2.05) is 70.2 Å². The van der Waals surface area contributed by atoms with Gasteiger partial charge in [0.15, 0.2) is 0 Å². The third-order valence-corrected chi connectivity index (χ3v) is 8.56. The summed E-state index contributed by atoms with van der Waals surface area (Å²) < 4.78 is 12.7. The summed E-state index contributed by atoms with van der Waals surface area (Å²) in [5.41, 5.74) is 1.46. The first-order chi connectivity index (χ1) is 23.0. The molecule has 3 aromatic carbocycles. The molecule has 260 valence electrons. The van der Waals surface area contributed by atoms with Crippen molar-refractivity contribution in [3.63, 3.8) is 0 Å². The Balaban J connectivity index is 1.58. The molecule has 11 nitrogen and oxygen atoms in total. The van der Waals surface area contributed by atoms with E-state index in [-0.39, 0.29) is 54.7 Å². The van der Waals surface area contributed by atoms with Crippen LogP contribution in [0, 0.1) is 5.92 Å². The van der Waals surface area contributed by atoms with Gasteiger partial charge in [-0.15, -0.1) is 0 Å². The highest BCUT2D eigenvalue weighted by molar-refractivity contribution is 6.01. The molecule has 0 aliphatic carbocycles. The Kier molecular flexibility index (Phi) is 13.0. The number of urea groups is 2. The summed E-state index contributed by atoms with van der Waals surface area (Å²) in [6.07, 6.45) is 1.84. The van der Waals surface area contributed by atoms with E-state index in [0.29, 0.717) is 24.6 Å². The van der Waals surface area contributed by atoms with Gasteiger partial charge in [-0.3, -0.25) is 4.79 Å². The molecule has 0 unspecified atom stereocenters. The van der Waals surface area contributed by atoms with Gasteiger partial charge in [-0.05, 0) is 76.6 Å². The number of carbonyl (C=O) groups excluding carboxylic acids is 3. The maximum atomic E-state index is 14.3. The van der Waals surface area contributed by atoms with E-state index in [0.717, 1.165) is 35.7 Å². The van der Waals surface area contributed by atoms with Crippen molar-refractivity contribution in [1.29, 1.82) is 0 Å². The number of amides is 5. The number of anilines is 2. The molecular weight excluding hydrogens is 610 g/mol. The van der Waals surface area contributed by atoms with Crippen molar-refractivity contribution in [2.75, 3.05) is 44.0 Å². The second-order valence-corrected chi connectivity index (χ2v) is 13.1. The van der Waals surface area contributed by atoms with Crippen LogP contribution in [0.1, 0.15) is 64.2 Å². The minimum absolute atomic E-state index is 0.0611. The van der Waals surface area contributed by atoms with Gasteiger partial charge < -0.3 is 40.3 Å². The van der Waals surface area contributed by atoms with Crippen LogP contribution in [0.2, 0.25) is 0 Å². The number of hydrogen-bond acceptors (Lipinski definition) is 6. The SMILES string of the molecule is CC(C)NC(=O)Nc1ccc2c(c1)C(=O)N([C@@H](C)CO)C[C@@H](C)[C@H](CN(C)C(=O)Nc1cccc3ccccc13)OCCCC[C@H](C)O2. The van der Waals surface area contributed by atoms with Crippen LogP contribution < -0.4 is 20.7 Å². The number of fused-ring (bicyclic) bond motifs is 2. The van der Waals surface area contributed by atoms with E-state index in [9.17, 15) is 19.5 Å². The molecular formula is C37H51N5O6. The summed E-state index contributed by atoms with van der Waals surface area (Å²) in [5, 5.41) is 20.9. The van der Waals surface area contributed by atoms with Gasteiger partial charge in [0, 0.05) is 49.8 Å². The highest BCUT2D eigenvalue weighted by Crippen LogP contribution is 2.29. The van der Waals surface area contributed by atoms with E-state index in [2.05, 4.69) is 16.0 Å². The quantitative estimate of drug-likeness (QED) is 0.234. The van der Waals surface area contributed by atoms with Crippen LogP contribution in [0.15, 0.2) is 60.7 Å². The van der Waals surface area contributed by atoms with Gasteiger partial charge in [0.1, 0.15) is 5.75 Å². The molecule has 4 atom stereocenters. The van der Waals surface area contributed by atoms with Crippen molar-refractivity contribution in [2.45, 2.75) is 78.2 Å². The van der Waals surface area contributed by atoms with Crippen molar-refractivity contribution in [3.05, 3.63) is 66.2 Å². The van der Waals surface area contributed by atoms with Crippen LogP contribution >= 0.6 is 0 Å². The number of rotatable bonds is 7. The topological polar surface area (TPSA) is 132 Å². The van der Waals surface area contributed by atoms with Crippen molar-refractivity contribution in [1.82, 2.24) is 15.1 Å². The maximum Gasteiger partial charge on any atom is 0.321 e. The van der Waals surface area contributed by atoms with Gasteiger partial charge in [-0.2, -0.15) is 0 Å². The lowest BCUT2D eigenvalue weighted by Gasteiger charge is -2.35. The monoisotopic (exact) mass is 661 g/mol. The number of carbonyl (C=O) groups is 3. The molecule has 0 spiro atoms. The third kappa shape index (κ3) is 9.84. The number of nitrogens with one attached hydrogen (secondary N) is 3. The van der Waals surface area contributed by atoms with Crippen molar-refractivity contribution in [2.24, 2.45) is 5.92 Å². The van der Waals surface area contributed by atoms with Gasteiger partial charge in [-0.1, -0.05) is 43.3 Å². The molecule has 4 N–H and O–H groups in total. The second kappa shape index (κ2) is 17.2. The molecule has 11 heteroatoms. The molecule has 0 saturated heterocycles. The maximum absolute atomic E-state index is 14.3. The van der Waals surface area contributed by atoms with Crippen LogP contribution in [0.5, 0.6) is 5.75 Å². The molecule has 5 amide bonds. The Morgan fingerprint density at radius 2 is 1.77 bits per heavy atom. The van der Waals surface area contributed by atoms with E-state index < -0.39 is 12.1 Å². The van der Waals surface area contributed by atoms with E-state index in [1.54, 1.807) is 42.0 Å². The molecule has 1 aliphatic rings. The zero-order valence-corrected chi connectivity index (χ0v) is 29.0.